The van der Waals surface area contributed by atoms with Crippen LogP contribution in [0, 0.1) is 4.77 Å². The quantitative estimate of drug-likeness (QED) is 0.674. The zero-order chi connectivity index (χ0) is 11.4. The highest BCUT2D eigenvalue weighted by Gasteiger charge is 2.09. The third-order valence-corrected chi connectivity index (χ3v) is 2.29. The fourth-order valence-corrected chi connectivity index (χ4v) is 1.60. The summed E-state index contributed by atoms with van der Waals surface area (Å²) >= 11 is 4.89. The Bertz CT molecular complexity index is 428. The van der Waals surface area contributed by atoms with Crippen LogP contribution in [-0.2, 0) is 17.6 Å². The third-order valence-electron chi connectivity index (χ3n) is 2.10. The standard InChI is InChI=1S/C9H13N3O2S/c1-2-6-5(3-4-7(13)14)8(10)12-9(15)11-6/h2-4H2,1H3,(H,13,14)(H3,10,11,12,15). The summed E-state index contributed by atoms with van der Waals surface area (Å²) in [5.41, 5.74) is 7.32. The van der Waals surface area contributed by atoms with E-state index in [0.717, 1.165) is 17.7 Å². The summed E-state index contributed by atoms with van der Waals surface area (Å²) in [7, 11) is 0. The highest BCUT2D eigenvalue weighted by atomic mass is 32.1. The van der Waals surface area contributed by atoms with Crippen LogP contribution in [0.15, 0.2) is 0 Å². The molecule has 0 fully saturated rings. The normalized spacial score (nSPS) is 10.2. The van der Waals surface area contributed by atoms with E-state index in [0.29, 0.717) is 17.0 Å². The van der Waals surface area contributed by atoms with E-state index in [9.17, 15) is 4.79 Å². The number of nitrogens with zero attached hydrogens (tertiary/aromatic N) is 1. The van der Waals surface area contributed by atoms with Crippen molar-refractivity contribution in [2.24, 2.45) is 0 Å². The molecule has 0 amide bonds. The van der Waals surface area contributed by atoms with E-state index in [1.807, 2.05) is 6.92 Å². The van der Waals surface area contributed by atoms with Gasteiger partial charge in [0.15, 0.2) is 4.77 Å². The number of aromatic nitrogens is 2. The SMILES string of the molecule is CCc1[nH]c(=S)nc(N)c1CCC(=O)O. The second kappa shape index (κ2) is 4.88. The maximum atomic E-state index is 10.5. The van der Waals surface area contributed by atoms with Crippen LogP contribution in [0.1, 0.15) is 24.6 Å². The molecule has 0 aromatic carbocycles. The third kappa shape index (κ3) is 3.02. The van der Waals surface area contributed by atoms with E-state index in [1.54, 1.807) is 0 Å². The van der Waals surface area contributed by atoms with Crippen molar-refractivity contribution in [3.8, 4) is 0 Å². The number of H-pyrrole nitrogens is 1. The largest absolute Gasteiger partial charge is 0.481 e. The summed E-state index contributed by atoms with van der Waals surface area (Å²) in [6.45, 7) is 1.95. The van der Waals surface area contributed by atoms with Gasteiger partial charge in [0.05, 0.1) is 0 Å². The van der Waals surface area contributed by atoms with E-state index in [2.05, 4.69) is 9.97 Å². The van der Waals surface area contributed by atoms with Crippen LogP contribution < -0.4 is 5.73 Å². The minimum atomic E-state index is -0.848. The average Bonchev–Trinajstić information content (AvgIpc) is 2.14. The Morgan fingerprint density at radius 2 is 2.33 bits per heavy atom. The van der Waals surface area contributed by atoms with Crippen LogP contribution in [0.2, 0.25) is 0 Å². The predicted molar refractivity (Wildman–Crippen MR) is 59.2 cm³/mol. The van der Waals surface area contributed by atoms with Gasteiger partial charge in [-0.05, 0) is 25.1 Å². The second-order valence-corrected chi connectivity index (χ2v) is 3.52. The lowest BCUT2D eigenvalue weighted by Crippen LogP contribution is -2.08. The van der Waals surface area contributed by atoms with Crippen LogP contribution >= 0.6 is 12.2 Å². The molecule has 0 aliphatic carbocycles. The first kappa shape index (κ1) is 11.6. The summed E-state index contributed by atoms with van der Waals surface area (Å²) in [6.07, 6.45) is 1.15. The van der Waals surface area contributed by atoms with Crippen LogP contribution in [0.25, 0.3) is 0 Å². The van der Waals surface area contributed by atoms with E-state index < -0.39 is 5.97 Å². The Balaban J connectivity index is 3.04. The van der Waals surface area contributed by atoms with Crippen LogP contribution in [0.3, 0.4) is 0 Å². The fraction of sp³-hybridized carbons (Fsp3) is 0.444. The Labute approximate surface area is 92.3 Å². The Morgan fingerprint density at radius 1 is 1.67 bits per heavy atom. The first-order valence-corrected chi connectivity index (χ1v) is 5.04. The predicted octanol–water partition coefficient (Wildman–Crippen LogP) is 1.30. The van der Waals surface area contributed by atoms with Crippen LogP contribution in [0.4, 0.5) is 5.82 Å². The monoisotopic (exact) mass is 227 g/mol. The van der Waals surface area contributed by atoms with Gasteiger partial charge in [-0.1, -0.05) is 6.92 Å². The molecule has 6 heteroatoms. The van der Waals surface area contributed by atoms with Gasteiger partial charge in [-0.3, -0.25) is 4.79 Å². The number of aromatic amines is 1. The van der Waals surface area contributed by atoms with Crippen molar-refractivity contribution in [2.75, 3.05) is 5.73 Å². The molecule has 5 nitrogen and oxygen atoms in total. The number of carbonyl (C=O) groups is 1. The van der Waals surface area contributed by atoms with Crippen molar-refractivity contribution < 1.29 is 9.90 Å². The number of nitrogen functional groups attached to an aromatic ring is 1. The van der Waals surface area contributed by atoms with E-state index in [1.165, 1.54) is 0 Å². The highest BCUT2D eigenvalue weighted by molar-refractivity contribution is 7.71. The molecule has 0 atom stereocenters. The van der Waals surface area contributed by atoms with Crippen LogP contribution in [0.5, 0.6) is 0 Å². The minimum Gasteiger partial charge on any atom is -0.481 e. The molecule has 1 rings (SSSR count). The molecular formula is C9H13N3O2S. The van der Waals surface area contributed by atoms with Gasteiger partial charge in [0.2, 0.25) is 0 Å². The molecule has 4 N–H and O–H groups in total. The zero-order valence-electron chi connectivity index (χ0n) is 8.41. The van der Waals surface area contributed by atoms with Gasteiger partial charge in [0.25, 0.3) is 0 Å². The number of anilines is 1. The van der Waals surface area contributed by atoms with Gasteiger partial charge in [0, 0.05) is 17.7 Å². The molecule has 82 valence electrons. The first-order chi connectivity index (χ1) is 7.04. The number of hydrogen-bond donors (Lipinski definition) is 3. The maximum Gasteiger partial charge on any atom is 0.303 e. The van der Waals surface area contributed by atoms with Crippen molar-refractivity contribution in [2.45, 2.75) is 26.2 Å². The molecule has 0 spiro atoms. The van der Waals surface area contributed by atoms with Crippen molar-refractivity contribution in [1.82, 2.24) is 9.97 Å². The van der Waals surface area contributed by atoms with Gasteiger partial charge in [-0.25, -0.2) is 4.98 Å². The van der Waals surface area contributed by atoms with Crippen molar-refractivity contribution in [1.29, 1.82) is 0 Å². The molecule has 0 aliphatic heterocycles. The number of carboxylic acids is 1. The number of hydrogen-bond acceptors (Lipinski definition) is 4. The zero-order valence-corrected chi connectivity index (χ0v) is 9.23. The van der Waals surface area contributed by atoms with E-state index in [-0.39, 0.29) is 6.42 Å². The molecule has 0 saturated carbocycles. The molecule has 0 unspecified atom stereocenters. The summed E-state index contributed by atoms with van der Waals surface area (Å²) in [5.74, 6) is -0.518. The fourth-order valence-electron chi connectivity index (χ4n) is 1.38. The van der Waals surface area contributed by atoms with E-state index in [4.69, 9.17) is 23.1 Å². The molecular weight excluding hydrogens is 214 g/mol. The topological polar surface area (TPSA) is 92.0 Å². The lowest BCUT2D eigenvalue weighted by Gasteiger charge is -2.08. The first-order valence-electron chi connectivity index (χ1n) is 4.64. The number of nitrogens with two attached hydrogens (primary N) is 1. The number of nitrogens with one attached hydrogen (secondary N) is 1. The summed E-state index contributed by atoms with van der Waals surface area (Å²) in [5, 5.41) is 8.59. The lowest BCUT2D eigenvalue weighted by atomic mass is 10.1. The van der Waals surface area contributed by atoms with E-state index >= 15 is 0 Å². The average molecular weight is 227 g/mol. The second-order valence-electron chi connectivity index (χ2n) is 3.13. The molecule has 0 saturated heterocycles. The van der Waals surface area contributed by atoms with Gasteiger partial charge < -0.3 is 15.8 Å². The number of aryl methyl sites for hydroxylation is 1. The van der Waals surface area contributed by atoms with Crippen molar-refractivity contribution in [3.05, 3.63) is 16.0 Å². The number of aliphatic carboxylic acids is 1. The Kier molecular flexibility index (Phi) is 3.79. The van der Waals surface area contributed by atoms with Gasteiger partial charge >= 0.3 is 5.97 Å². The minimum absolute atomic E-state index is 0.0451. The Hall–Kier alpha value is -1.43. The maximum absolute atomic E-state index is 10.5. The van der Waals surface area contributed by atoms with Gasteiger partial charge in [-0.2, -0.15) is 0 Å². The summed E-state index contributed by atoms with van der Waals surface area (Å²) < 4.78 is 0.337. The van der Waals surface area contributed by atoms with Crippen molar-refractivity contribution in [3.63, 3.8) is 0 Å². The van der Waals surface area contributed by atoms with Gasteiger partial charge in [-0.15, -0.1) is 0 Å². The molecule has 1 aromatic rings. The van der Waals surface area contributed by atoms with Crippen molar-refractivity contribution >= 4 is 24.0 Å². The summed E-state index contributed by atoms with van der Waals surface area (Å²) in [4.78, 5) is 17.3. The molecule has 0 radical (unpaired) electrons. The molecule has 1 heterocycles. The molecule has 1 aromatic heterocycles. The molecule has 0 bridgehead atoms. The smallest absolute Gasteiger partial charge is 0.303 e. The highest BCUT2D eigenvalue weighted by Crippen LogP contribution is 2.15. The number of rotatable bonds is 4. The molecule has 15 heavy (non-hydrogen) atoms. The lowest BCUT2D eigenvalue weighted by molar-refractivity contribution is -0.136. The summed E-state index contributed by atoms with van der Waals surface area (Å²) in [6, 6.07) is 0. The Morgan fingerprint density at radius 3 is 2.87 bits per heavy atom. The molecule has 0 aliphatic rings. The number of carboxylic acid groups (broad SMARTS) is 1. The van der Waals surface area contributed by atoms with Gasteiger partial charge in [0.1, 0.15) is 5.82 Å². The van der Waals surface area contributed by atoms with Crippen LogP contribution in [-0.4, -0.2) is 21.0 Å².